The van der Waals surface area contributed by atoms with Crippen LogP contribution in [0.1, 0.15) is 26.3 Å². The number of amides is 1. The molecule has 0 bridgehead atoms. The summed E-state index contributed by atoms with van der Waals surface area (Å²) in [7, 11) is 0. The molecule has 0 fully saturated rings. The summed E-state index contributed by atoms with van der Waals surface area (Å²) in [6, 6.07) is 5.48. The highest BCUT2D eigenvalue weighted by atomic mass is 35.5. The van der Waals surface area contributed by atoms with Gasteiger partial charge in [0.05, 0.1) is 6.54 Å². The maximum Gasteiger partial charge on any atom is 0.407 e. The Hall–Kier alpha value is -1.42. The van der Waals surface area contributed by atoms with Crippen LogP contribution in [-0.2, 0) is 4.74 Å². The zero-order valence-electron chi connectivity index (χ0n) is 11.7. The number of ether oxygens (including phenoxy) is 2. The van der Waals surface area contributed by atoms with Gasteiger partial charge in [-0.25, -0.2) is 4.79 Å². The lowest BCUT2D eigenvalue weighted by Gasteiger charge is -2.19. The van der Waals surface area contributed by atoms with E-state index in [-0.39, 0.29) is 0 Å². The summed E-state index contributed by atoms with van der Waals surface area (Å²) in [5.74, 6) is 0.721. The van der Waals surface area contributed by atoms with Crippen LogP contribution in [0.3, 0.4) is 0 Å². The molecule has 0 unspecified atom stereocenters. The molecule has 1 aromatic carbocycles. The first-order valence-electron chi connectivity index (χ1n) is 6.14. The van der Waals surface area contributed by atoms with Crippen molar-refractivity contribution in [2.45, 2.75) is 33.3 Å². The summed E-state index contributed by atoms with van der Waals surface area (Å²) in [5.41, 5.74) is 0.399. The van der Waals surface area contributed by atoms with Crippen LogP contribution in [0.4, 0.5) is 4.79 Å². The quantitative estimate of drug-likeness (QED) is 0.861. The van der Waals surface area contributed by atoms with Crippen molar-refractivity contribution in [1.82, 2.24) is 5.32 Å². The Labute approximate surface area is 119 Å². The molecule has 0 heterocycles. The van der Waals surface area contributed by atoms with Crippen molar-refractivity contribution < 1.29 is 14.3 Å². The fourth-order valence-electron chi connectivity index (χ4n) is 1.37. The van der Waals surface area contributed by atoms with E-state index in [4.69, 9.17) is 21.1 Å². The van der Waals surface area contributed by atoms with Crippen LogP contribution in [0.25, 0.3) is 0 Å². The van der Waals surface area contributed by atoms with E-state index in [1.807, 2.05) is 45.9 Å². The molecule has 0 atom stereocenters. The van der Waals surface area contributed by atoms with Crippen molar-refractivity contribution in [2.24, 2.45) is 0 Å². The maximum absolute atomic E-state index is 11.4. The molecular formula is C14H20ClNO3. The fraction of sp³-hybridized carbons (Fsp3) is 0.500. The van der Waals surface area contributed by atoms with E-state index in [1.54, 1.807) is 0 Å². The van der Waals surface area contributed by atoms with Crippen LogP contribution in [0, 0.1) is 6.92 Å². The molecule has 0 radical (unpaired) electrons. The Morgan fingerprint density at radius 1 is 1.37 bits per heavy atom. The second-order valence-electron chi connectivity index (χ2n) is 5.14. The second-order valence-corrected chi connectivity index (χ2v) is 5.55. The van der Waals surface area contributed by atoms with Gasteiger partial charge >= 0.3 is 6.09 Å². The molecule has 19 heavy (non-hydrogen) atoms. The van der Waals surface area contributed by atoms with E-state index >= 15 is 0 Å². The normalized spacial score (nSPS) is 11.0. The van der Waals surface area contributed by atoms with Gasteiger partial charge in [0.25, 0.3) is 0 Å². The largest absolute Gasteiger partial charge is 0.491 e. The lowest BCUT2D eigenvalue weighted by Crippen LogP contribution is -2.34. The molecule has 0 saturated carbocycles. The minimum Gasteiger partial charge on any atom is -0.491 e. The first-order chi connectivity index (χ1) is 8.79. The number of rotatable bonds is 4. The Balaban J connectivity index is 2.32. The number of hydrogen-bond acceptors (Lipinski definition) is 3. The minimum absolute atomic E-state index is 0.362. The fourth-order valence-corrected chi connectivity index (χ4v) is 1.54. The molecule has 0 saturated heterocycles. The lowest BCUT2D eigenvalue weighted by atomic mass is 10.2. The third-order valence-electron chi connectivity index (χ3n) is 2.25. The molecule has 5 heteroatoms. The monoisotopic (exact) mass is 285 g/mol. The zero-order valence-corrected chi connectivity index (χ0v) is 12.5. The van der Waals surface area contributed by atoms with Gasteiger partial charge in [-0.05, 0) is 39.8 Å². The van der Waals surface area contributed by atoms with Crippen molar-refractivity contribution in [2.75, 3.05) is 13.2 Å². The van der Waals surface area contributed by atoms with Gasteiger partial charge in [0.2, 0.25) is 0 Å². The van der Waals surface area contributed by atoms with Crippen molar-refractivity contribution in [3.8, 4) is 5.75 Å². The highest BCUT2D eigenvalue weighted by molar-refractivity contribution is 6.31. The number of carbonyl (C=O) groups excluding carboxylic acids is 1. The van der Waals surface area contributed by atoms with E-state index in [2.05, 4.69) is 5.32 Å². The third kappa shape index (κ3) is 5.83. The number of hydrogen-bond donors (Lipinski definition) is 1. The SMILES string of the molecule is Cc1c(Cl)cccc1OCCNC(=O)OC(C)(C)C. The maximum atomic E-state index is 11.4. The van der Waals surface area contributed by atoms with Crippen molar-refractivity contribution >= 4 is 17.7 Å². The van der Waals surface area contributed by atoms with E-state index in [9.17, 15) is 4.79 Å². The average Bonchev–Trinajstić information content (AvgIpc) is 2.27. The summed E-state index contributed by atoms with van der Waals surface area (Å²) < 4.78 is 10.6. The second kappa shape index (κ2) is 6.66. The van der Waals surface area contributed by atoms with Crippen LogP contribution in [0.2, 0.25) is 5.02 Å². The Morgan fingerprint density at radius 2 is 2.05 bits per heavy atom. The predicted molar refractivity (Wildman–Crippen MR) is 75.9 cm³/mol. The molecule has 1 aromatic rings. The molecule has 0 aromatic heterocycles. The molecule has 0 aliphatic heterocycles. The number of carbonyl (C=O) groups is 1. The van der Waals surface area contributed by atoms with Gasteiger partial charge in [0.15, 0.2) is 0 Å². The van der Waals surface area contributed by atoms with Gasteiger partial charge < -0.3 is 14.8 Å². The van der Waals surface area contributed by atoms with Crippen LogP contribution in [0.5, 0.6) is 5.75 Å². The summed E-state index contributed by atoms with van der Waals surface area (Å²) in [6.07, 6.45) is -0.445. The minimum atomic E-state index is -0.492. The van der Waals surface area contributed by atoms with Crippen LogP contribution in [-0.4, -0.2) is 24.8 Å². The van der Waals surface area contributed by atoms with Gasteiger partial charge in [-0.2, -0.15) is 0 Å². The van der Waals surface area contributed by atoms with Crippen LogP contribution in [0.15, 0.2) is 18.2 Å². The molecule has 4 nitrogen and oxygen atoms in total. The molecule has 0 aliphatic carbocycles. The third-order valence-corrected chi connectivity index (χ3v) is 2.66. The van der Waals surface area contributed by atoms with Gasteiger partial charge in [0, 0.05) is 10.6 Å². The predicted octanol–water partition coefficient (Wildman–Crippen LogP) is 3.55. The average molecular weight is 286 g/mol. The number of benzene rings is 1. The summed E-state index contributed by atoms with van der Waals surface area (Å²) in [6.45, 7) is 8.08. The molecule has 1 N–H and O–H groups in total. The first kappa shape index (κ1) is 15.6. The summed E-state index contributed by atoms with van der Waals surface area (Å²) in [4.78, 5) is 11.4. The van der Waals surface area contributed by atoms with Crippen molar-refractivity contribution in [1.29, 1.82) is 0 Å². The smallest absolute Gasteiger partial charge is 0.407 e. The van der Waals surface area contributed by atoms with E-state index in [0.717, 1.165) is 11.3 Å². The molecule has 1 rings (SSSR count). The molecule has 0 aliphatic rings. The standard InChI is InChI=1S/C14H20ClNO3/c1-10-11(15)6-5-7-12(10)18-9-8-16-13(17)19-14(2,3)4/h5-7H,8-9H2,1-4H3,(H,16,17). The van der Waals surface area contributed by atoms with Crippen molar-refractivity contribution in [3.63, 3.8) is 0 Å². The number of alkyl carbamates (subject to hydrolysis) is 1. The van der Waals surface area contributed by atoms with Gasteiger partial charge in [-0.1, -0.05) is 17.7 Å². The van der Waals surface area contributed by atoms with Crippen LogP contribution < -0.4 is 10.1 Å². The van der Waals surface area contributed by atoms with Gasteiger partial charge in [0.1, 0.15) is 18.0 Å². The Kier molecular flexibility index (Phi) is 5.48. The lowest BCUT2D eigenvalue weighted by molar-refractivity contribution is 0.0520. The summed E-state index contributed by atoms with van der Waals surface area (Å²) in [5, 5.41) is 3.29. The Morgan fingerprint density at radius 3 is 2.68 bits per heavy atom. The zero-order chi connectivity index (χ0) is 14.5. The van der Waals surface area contributed by atoms with E-state index in [0.29, 0.717) is 18.2 Å². The van der Waals surface area contributed by atoms with Gasteiger partial charge in [-0.3, -0.25) is 0 Å². The number of nitrogens with one attached hydrogen (secondary N) is 1. The van der Waals surface area contributed by atoms with Crippen molar-refractivity contribution in [3.05, 3.63) is 28.8 Å². The Bertz CT molecular complexity index is 441. The summed E-state index contributed by atoms with van der Waals surface area (Å²) >= 11 is 5.98. The molecule has 1 amide bonds. The van der Waals surface area contributed by atoms with E-state index in [1.165, 1.54) is 0 Å². The van der Waals surface area contributed by atoms with Crippen LogP contribution >= 0.6 is 11.6 Å². The van der Waals surface area contributed by atoms with E-state index < -0.39 is 11.7 Å². The molecular weight excluding hydrogens is 266 g/mol. The number of halogens is 1. The highest BCUT2D eigenvalue weighted by Crippen LogP contribution is 2.24. The first-order valence-corrected chi connectivity index (χ1v) is 6.52. The highest BCUT2D eigenvalue weighted by Gasteiger charge is 2.15. The van der Waals surface area contributed by atoms with Gasteiger partial charge in [-0.15, -0.1) is 0 Å². The topological polar surface area (TPSA) is 47.6 Å². The molecule has 0 spiro atoms. The molecule has 106 valence electrons.